The Bertz CT molecular complexity index is 3740. The molecule has 2 radical (unpaired) electrons. The van der Waals surface area contributed by atoms with Gasteiger partial charge in [-0.15, -0.1) is 0 Å². The molecule has 7 atom stereocenters. The van der Waals surface area contributed by atoms with E-state index in [1.807, 2.05) is 18.2 Å². The van der Waals surface area contributed by atoms with Crippen molar-refractivity contribution in [2.24, 2.45) is 11.8 Å². The van der Waals surface area contributed by atoms with Gasteiger partial charge in [-0.05, 0) is 185 Å². The zero-order valence-electron chi connectivity index (χ0n) is 67.8. The van der Waals surface area contributed by atoms with E-state index in [9.17, 15) is 97.8 Å². The number of aliphatic carboxylic acids is 6. The Morgan fingerprint density at radius 1 is 0.402 bits per heavy atom. The van der Waals surface area contributed by atoms with Gasteiger partial charge in [0, 0.05) is 159 Å². The van der Waals surface area contributed by atoms with Crippen LogP contribution in [-0.2, 0) is 112 Å². The topological polar surface area (TPSA) is 500 Å². The van der Waals surface area contributed by atoms with E-state index < -0.39 is 88.7 Å². The van der Waals surface area contributed by atoms with Crippen molar-refractivity contribution in [1.82, 2.24) is 44.4 Å². The number of fused-ring (bicyclic) bond motifs is 4. The molecule has 642 valence electrons. The number of hydrogen-bond acceptors (Lipinski definition) is 34. The van der Waals surface area contributed by atoms with Crippen LogP contribution in [0.4, 0.5) is 17.8 Å². The van der Waals surface area contributed by atoms with E-state index in [1.165, 1.54) is 46.4 Å². The second-order valence-electron chi connectivity index (χ2n) is 30.3. The van der Waals surface area contributed by atoms with Crippen LogP contribution in [0, 0.1) is 98.6 Å². The van der Waals surface area contributed by atoms with E-state index in [4.69, 9.17) is 19.4 Å². The predicted octanol–water partition coefficient (Wildman–Crippen LogP) is -2.90. The third-order valence-electron chi connectivity index (χ3n) is 21.0. The minimum absolute atomic E-state index is 0. The molecule has 4 aromatic rings. The minimum atomic E-state index is -1.51. The number of carboxylic acids is 6. The van der Waals surface area contributed by atoms with Gasteiger partial charge < -0.3 is 114 Å². The second-order valence-corrected chi connectivity index (χ2v) is 30.3. The number of pyridine rings is 1. The van der Waals surface area contributed by atoms with Crippen molar-refractivity contribution in [2.75, 3.05) is 108 Å². The Morgan fingerprint density at radius 3 is 1.16 bits per heavy atom. The summed E-state index contributed by atoms with van der Waals surface area (Å²) in [5.41, 5.74) is 3.57. The van der Waals surface area contributed by atoms with E-state index in [-0.39, 0.29) is 327 Å². The Hall–Kier alpha value is -6.93. The molecule has 7 unspecified atom stereocenters. The number of carboxylic acid groups (broad SMARTS) is 6. The van der Waals surface area contributed by atoms with E-state index in [1.54, 1.807) is 38.7 Å². The van der Waals surface area contributed by atoms with Gasteiger partial charge in [0.05, 0.1) is 79.2 Å². The molecular formula is C81H110Gd2N12O22. The fourth-order valence-corrected chi connectivity index (χ4v) is 14.8. The molecule has 2 aromatic heterocycles. The van der Waals surface area contributed by atoms with E-state index >= 15 is 0 Å². The van der Waals surface area contributed by atoms with Crippen LogP contribution in [0.3, 0.4) is 0 Å². The number of aryl methyl sites for hydroxylation is 2. The maximum Gasteiger partial charge on any atom is 3.00 e. The molecule has 36 heteroatoms. The first-order valence-electron chi connectivity index (χ1n) is 39.6. The van der Waals surface area contributed by atoms with Crippen LogP contribution in [0.1, 0.15) is 189 Å². The quantitative estimate of drug-likeness (QED) is 0.0295. The number of ketones is 6. The number of ether oxygens (including phenoxy) is 2. The van der Waals surface area contributed by atoms with Gasteiger partial charge in [0.2, 0.25) is 28.7 Å². The smallest absolute Gasteiger partial charge is 0.550 e. The van der Waals surface area contributed by atoms with Crippen LogP contribution >= 0.6 is 0 Å². The number of nitrogens with zero attached hydrogens (tertiary/aromatic N) is 9. The van der Waals surface area contributed by atoms with Crippen LogP contribution in [-0.4, -0.2) is 237 Å². The second kappa shape index (κ2) is 53.0. The molecule has 2 aliphatic heterocycles. The van der Waals surface area contributed by atoms with Crippen LogP contribution in [0.2, 0.25) is 0 Å². The number of rotatable bonds is 51. The minimum Gasteiger partial charge on any atom is -0.550 e. The monoisotopic (exact) mass is 1920 g/mol. The van der Waals surface area contributed by atoms with Gasteiger partial charge in [0.25, 0.3) is 0 Å². The number of carbonyl (C=O) groups is 12. The van der Waals surface area contributed by atoms with Crippen molar-refractivity contribution >= 4 is 88.4 Å². The molecule has 0 fully saturated rings. The van der Waals surface area contributed by atoms with Gasteiger partial charge in [-0.2, -0.15) is 15.0 Å². The first kappa shape index (κ1) is 102. The maximum atomic E-state index is 13.1. The van der Waals surface area contributed by atoms with Gasteiger partial charge in [0.1, 0.15) is 34.7 Å². The van der Waals surface area contributed by atoms with Crippen molar-refractivity contribution in [3.8, 4) is 0 Å². The summed E-state index contributed by atoms with van der Waals surface area (Å²) in [7, 11) is 0. The summed E-state index contributed by atoms with van der Waals surface area (Å²) in [6.45, 7) is 10.5. The SMILES string of the molecule is CC(=O)CCC(C(=O)[O-])C1CCN(C(CCC(C)=O)C(=O)[O-])CCN(C(CCC(C)=O)C(=O)[O-])Cc2cc(CCCNc3nc(NCCCc4cc5nc(c4)CN(C(CCC(C)=O)C(=O)[O-])CCN(C(CCC(C)=O)C(=O)[O-])CCN(C(CCC(C)=O)C(=O)[O-])C5)nc(NCCOCCOCCCc4c(C)c(=O)c4=O)n3)cc(c2)C1.[Gd+3].[Gd+3]. The van der Waals surface area contributed by atoms with Crippen LogP contribution in [0.5, 0.6) is 0 Å². The summed E-state index contributed by atoms with van der Waals surface area (Å²) in [4.78, 5) is 202. The molecule has 3 N–H and O–H groups in total. The fraction of sp³-hybridized carbons (Fsp3) is 0.630. The van der Waals surface area contributed by atoms with E-state index in [0.717, 1.165) is 5.56 Å². The van der Waals surface area contributed by atoms with Crippen molar-refractivity contribution in [3.63, 3.8) is 0 Å². The normalized spacial score (nSPS) is 16.4. The summed E-state index contributed by atoms with van der Waals surface area (Å²) in [5, 5.41) is 87.6. The maximum absolute atomic E-state index is 13.1. The van der Waals surface area contributed by atoms with E-state index in [2.05, 4.69) is 25.9 Å². The number of benzene rings is 1. The van der Waals surface area contributed by atoms with Crippen LogP contribution in [0.15, 0.2) is 39.9 Å². The summed E-state index contributed by atoms with van der Waals surface area (Å²) < 4.78 is 11.5. The molecule has 2 aromatic carbocycles. The van der Waals surface area contributed by atoms with Gasteiger partial charge >= 0.3 is 79.9 Å². The summed E-state index contributed by atoms with van der Waals surface area (Å²) in [6.07, 6.45) is 1.39. The van der Waals surface area contributed by atoms with Crippen molar-refractivity contribution in [3.05, 3.63) is 95.5 Å². The van der Waals surface area contributed by atoms with Crippen LogP contribution in [0.25, 0.3) is 0 Å². The summed E-state index contributed by atoms with van der Waals surface area (Å²) >= 11 is 0. The molecule has 34 nitrogen and oxygen atoms in total. The van der Waals surface area contributed by atoms with Gasteiger partial charge in [-0.25, -0.2) is 0 Å². The Kier molecular flexibility index (Phi) is 46.4. The van der Waals surface area contributed by atoms with Crippen molar-refractivity contribution in [2.45, 2.75) is 227 Å². The fourth-order valence-electron chi connectivity index (χ4n) is 14.8. The zero-order chi connectivity index (χ0) is 84.4. The predicted molar refractivity (Wildman–Crippen MR) is 407 cm³/mol. The molecule has 0 saturated carbocycles. The number of anilines is 3. The molecule has 0 saturated heterocycles. The largest absolute Gasteiger partial charge is 3.00 e. The van der Waals surface area contributed by atoms with Crippen molar-refractivity contribution < 1.29 is 178 Å². The Balaban J connectivity index is 0.0000144. The Morgan fingerprint density at radius 2 is 0.761 bits per heavy atom. The van der Waals surface area contributed by atoms with Gasteiger partial charge in [-0.1, -0.05) is 18.2 Å². The third kappa shape index (κ3) is 36.1. The number of Topliss-reactive ketones (excluding diaryl/α,β-unsaturated/α-hetero) is 6. The van der Waals surface area contributed by atoms with Gasteiger partial charge in [-0.3, -0.25) is 39.1 Å². The zero-order valence-corrected chi connectivity index (χ0v) is 72.3. The van der Waals surface area contributed by atoms with Crippen molar-refractivity contribution in [1.29, 1.82) is 0 Å². The molecular weight excluding hydrogens is 1810 g/mol. The average Bonchev–Trinajstić information content (AvgIpc) is 0.799. The number of hydrogen-bond donors (Lipinski definition) is 3. The molecule has 117 heavy (non-hydrogen) atoms. The van der Waals surface area contributed by atoms with E-state index in [0.29, 0.717) is 84.3 Å². The first-order chi connectivity index (χ1) is 54.7. The number of carbonyl (C=O) groups excluding carboxylic acids is 12. The molecule has 4 bridgehead atoms. The standard InChI is InChI=1S/C81H116N12O22.2Gd/c1-50(94)14-20-65(73(102)103)61-26-30-89(66(74(104)105)21-15-51(2)95)31-34-91(68(76(108)109)23-17-53(4)97)47-60-42-57(41-59(43-60)44-61)11-8-27-82-79-86-80(88-81(87-79)84-29-38-115-40-39-114-37-10-13-64-56(7)71(100)72(64)101)83-28-9-12-58-45-62-48-92(69(77(110)111)24-18-54(5)98)35-32-90(67(75(106)107)22-16-52(3)96)33-36-93(49-63(46-58)85-62)70(78(112)113)25-19-55(6)99;;/h41-43,45-46,61,65-70H,8-40,44,47-49H2,1-7H3,(H,102,103)(H,104,105)(H,106,107)(H,108,109)(H,110,111)(H,112,113)(H3,82,83,84,86,87,88);;/q;2*+3/p-6. The molecule has 0 aliphatic carbocycles. The first-order valence-corrected chi connectivity index (χ1v) is 39.6. The van der Waals surface area contributed by atoms with Crippen LogP contribution < -0.4 is 57.4 Å². The molecule has 4 heterocycles. The molecule has 0 amide bonds. The summed E-state index contributed by atoms with van der Waals surface area (Å²) in [5.74, 6) is -11.8. The molecule has 0 spiro atoms. The number of aromatic nitrogens is 4. The third-order valence-corrected chi connectivity index (χ3v) is 21.0. The van der Waals surface area contributed by atoms with Gasteiger partial charge in [0.15, 0.2) is 0 Å². The summed E-state index contributed by atoms with van der Waals surface area (Å²) in [6, 6.07) is 2.50. The number of nitrogens with one attached hydrogen (secondary N) is 3. The average molecular weight is 1920 g/mol. The molecule has 6 rings (SSSR count). The molecule has 2 aliphatic rings. The Labute approximate surface area is 746 Å².